The number of aryl methyl sites for hydroxylation is 1. The molecule has 0 radical (unpaired) electrons. The molecule has 118 valence electrons. The highest BCUT2D eigenvalue weighted by Gasteiger charge is 2.20. The first-order valence-corrected chi connectivity index (χ1v) is 8.92. The van der Waals surface area contributed by atoms with E-state index >= 15 is 0 Å². The van der Waals surface area contributed by atoms with Crippen LogP contribution in [0.1, 0.15) is 30.4 Å². The minimum Gasteiger partial charge on any atom is -0.314 e. The van der Waals surface area contributed by atoms with Crippen molar-refractivity contribution in [2.75, 3.05) is 20.1 Å². The molecule has 0 aromatic heterocycles. The molecule has 0 aliphatic heterocycles. The molecule has 0 unspecified atom stereocenters. The molecule has 1 saturated carbocycles. The van der Waals surface area contributed by atoms with Gasteiger partial charge in [0.15, 0.2) is 0 Å². The Morgan fingerprint density at radius 1 is 1.29 bits per heavy atom. The maximum Gasteiger partial charge on any atom is 0.279 e. The van der Waals surface area contributed by atoms with Crippen molar-refractivity contribution in [3.05, 3.63) is 35.4 Å². The van der Waals surface area contributed by atoms with Crippen molar-refractivity contribution in [3.63, 3.8) is 0 Å². The SMILES string of the molecule is Cc1ccccc1CNS(=O)(=O)N(C)CCCNC1CC1. The molecule has 0 heterocycles. The number of nitrogens with zero attached hydrogens (tertiary/aromatic N) is 1. The molecule has 2 rings (SSSR count). The zero-order valence-corrected chi connectivity index (χ0v) is 13.6. The molecule has 0 spiro atoms. The first-order chi connectivity index (χ1) is 9.99. The van der Waals surface area contributed by atoms with E-state index in [4.69, 9.17) is 0 Å². The Kier molecular flexibility index (Phi) is 5.75. The smallest absolute Gasteiger partial charge is 0.279 e. The van der Waals surface area contributed by atoms with Crippen LogP contribution in [0.5, 0.6) is 0 Å². The van der Waals surface area contributed by atoms with Crippen LogP contribution in [0.25, 0.3) is 0 Å². The number of benzene rings is 1. The number of nitrogens with one attached hydrogen (secondary N) is 2. The summed E-state index contributed by atoms with van der Waals surface area (Å²) in [4.78, 5) is 0. The molecule has 2 N–H and O–H groups in total. The van der Waals surface area contributed by atoms with E-state index in [1.54, 1.807) is 7.05 Å². The van der Waals surface area contributed by atoms with E-state index in [9.17, 15) is 8.42 Å². The van der Waals surface area contributed by atoms with Crippen LogP contribution < -0.4 is 10.0 Å². The Bertz CT molecular complexity index is 556. The predicted octanol–water partition coefficient (Wildman–Crippen LogP) is 1.40. The highest BCUT2D eigenvalue weighted by molar-refractivity contribution is 7.87. The van der Waals surface area contributed by atoms with E-state index in [-0.39, 0.29) is 0 Å². The molecule has 6 heteroatoms. The third-order valence-corrected chi connectivity index (χ3v) is 5.29. The quantitative estimate of drug-likeness (QED) is 0.678. The Hall–Kier alpha value is -0.950. The van der Waals surface area contributed by atoms with Gasteiger partial charge in [-0.25, -0.2) is 0 Å². The number of hydrogen-bond donors (Lipinski definition) is 2. The summed E-state index contributed by atoms with van der Waals surface area (Å²) in [6, 6.07) is 8.47. The standard InChI is InChI=1S/C15H25N3O2S/c1-13-6-3-4-7-14(13)12-17-21(19,20)18(2)11-5-10-16-15-8-9-15/h3-4,6-7,15-17H,5,8-12H2,1-2H3. The van der Waals surface area contributed by atoms with Gasteiger partial charge in [0.1, 0.15) is 0 Å². The van der Waals surface area contributed by atoms with Crippen LogP contribution in [0.2, 0.25) is 0 Å². The van der Waals surface area contributed by atoms with Crippen molar-refractivity contribution >= 4 is 10.2 Å². The predicted molar refractivity (Wildman–Crippen MR) is 85.2 cm³/mol. The van der Waals surface area contributed by atoms with Crippen LogP contribution in [-0.2, 0) is 16.8 Å². The normalized spacial score (nSPS) is 15.6. The lowest BCUT2D eigenvalue weighted by molar-refractivity contribution is 0.444. The molecule has 21 heavy (non-hydrogen) atoms. The van der Waals surface area contributed by atoms with Gasteiger partial charge in [-0.05, 0) is 43.9 Å². The largest absolute Gasteiger partial charge is 0.314 e. The first-order valence-electron chi connectivity index (χ1n) is 7.48. The summed E-state index contributed by atoms with van der Waals surface area (Å²) in [6.45, 7) is 3.72. The van der Waals surface area contributed by atoms with Gasteiger partial charge in [0.25, 0.3) is 10.2 Å². The zero-order valence-electron chi connectivity index (χ0n) is 12.8. The maximum atomic E-state index is 12.1. The second kappa shape index (κ2) is 7.35. The lowest BCUT2D eigenvalue weighted by Gasteiger charge is -2.18. The number of hydrogen-bond acceptors (Lipinski definition) is 3. The van der Waals surface area contributed by atoms with E-state index in [0.29, 0.717) is 19.1 Å². The van der Waals surface area contributed by atoms with Crippen molar-refractivity contribution in [3.8, 4) is 0 Å². The van der Waals surface area contributed by atoms with Crippen molar-refractivity contribution in [2.24, 2.45) is 0 Å². The summed E-state index contributed by atoms with van der Waals surface area (Å²) in [5, 5.41) is 3.39. The average Bonchev–Trinajstić information content (AvgIpc) is 3.26. The molecule has 0 bridgehead atoms. The van der Waals surface area contributed by atoms with E-state index in [0.717, 1.165) is 24.1 Å². The molecule has 1 aromatic carbocycles. The Morgan fingerprint density at radius 2 is 2.00 bits per heavy atom. The molecule has 1 aliphatic carbocycles. The minimum atomic E-state index is -3.40. The second-order valence-electron chi connectivity index (χ2n) is 5.66. The summed E-state index contributed by atoms with van der Waals surface area (Å²) < 4.78 is 28.3. The Labute approximate surface area is 127 Å². The maximum absolute atomic E-state index is 12.1. The molecule has 0 amide bonds. The van der Waals surface area contributed by atoms with E-state index in [1.165, 1.54) is 17.1 Å². The van der Waals surface area contributed by atoms with Gasteiger partial charge in [-0.2, -0.15) is 17.4 Å². The summed E-state index contributed by atoms with van der Waals surface area (Å²) in [7, 11) is -1.78. The number of rotatable bonds is 9. The minimum absolute atomic E-state index is 0.333. The second-order valence-corrected chi connectivity index (χ2v) is 7.52. The van der Waals surface area contributed by atoms with E-state index in [1.807, 2.05) is 31.2 Å². The molecule has 0 saturated heterocycles. The van der Waals surface area contributed by atoms with Gasteiger partial charge in [-0.15, -0.1) is 0 Å². The summed E-state index contributed by atoms with van der Waals surface area (Å²) in [6.07, 6.45) is 3.34. The van der Waals surface area contributed by atoms with Crippen LogP contribution in [-0.4, -0.2) is 38.9 Å². The van der Waals surface area contributed by atoms with Gasteiger partial charge in [-0.1, -0.05) is 24.3 Å². The van der Waals surface area contributed by atoms with Gasteiger partial charge >= 0.3 is 0 Å². The van der Waals surface area contributed by atoms with Gasteiger partial charge in [-0.3, -0.25) is 0 Å². The van der Waals surface area contributed by atoms with Crippen molar-refractivity contribution in [1.82, 2.24) is 14.3 Å². The molecular weight excluding hydrogens is 286 g/mol. The van der Waals surface area contributed by atoms with E-state index in [2.05, 4.69) is 10.0 Å². The van der Waals surface area contributed by atoms with Crippen molar-refractivity contribution in [1.29, 1.82) is 0 Å². The fourth-order valence-electron chi connectivity index (χ4n) is 2.10. The Balaban J connectivity index is 1.75. The molecule has 1 aliphatic rings. The fourth-order valence-corrected chi connectivity index (χ4v) is 3.03. The van der Waals surface area contributed by atoms with Gasteiger partial charge in [0, 0.05) is 26.2 Å². The highest BCUT2D eigenvalue weighted by Crippen LogP contribution is 2.18. The Morgan fingerprint density at radius 3 is 2.67 bits per heavy atom. The lowest BCUT2D eigenvalue weighted by Crippen LogP contribution is -2.39. The van der Waals surface area contributed by atoms with Crippen LogP contribution in [0.15, 0.2) is 24.3 Å². The molecule has 1 fully saturated rings. The third kappa shape index (κ3) is 5.39. The fraction of sp³-hybridized carbons (Fsp3) is 0.600. The lowest BCUT2D eigenvalue weighted by atomic mass is 10.1. The average molecular weight is 311 g/mol. The molecule has 1 aromatic rings. The first kappa shape index (κ1) is 16.4. The van der Waals surface area contributed by atoms with Crippen molar-refractivity contribution < 1.29 is 8.42 Å². The third-order valence-electron chi connectivity index (χ3n) is 3.78. The van der Waals surface area contributed by atoms with Crippen LogP contribution in [0.4, 0.5) is 0 Å². The van der Waals surface area contributed by atoms with Gasteiger partial charge in [0.05, 0.1) is 0 Å². The zero-order chi connectivity index (χ0) is 15.3. The van der Waals surface area contributed by atoms with Gasteiger partial charge < -0.3 is 5.32 Å². The molecule has 5 nitrogen and oxygen atoms in total. The summed E-state index contributed by atoms with van der Waals surface area (Å²) in [5.74, 6) is 0. The highest BCUT2D eigenvalue weighted by atomic mass is 32.2. The van der Waals surface area contributed by atoms with Crippen LogP contribution in [0, 0.1) is 6.92 Å². The van der Waals surface area contributed by atoms with E-state index < -0.39 is 10.2 Å². The molecule has 0 atom stereocenters. The van der Waals surface area contributed by atoms with Crippen LogP contribution >= 0.6 is 0 Å². The van der Waals surface area contributed by atoms with Crippen molar-refractivity contribution in [2.45, 2.75) is 38.8 Å². The molecular formula is C15H25N3O2S. The summed E-state index contributed by atoms with van der Waals surface area (Å²) >= 11 is 0. The van der Waals surface area contributed by atoms with Crippen LogP contribution in [0.3, 0.4) is 0 Å². The monoisotopic (exact) mass is 311 g/mol. The summed E-state index contributed by atoms with van der Waals surface area (Å²) in [5.41, 5.74) is 2.10. The van der Waals surface area contributed by atoms with Gasteiger partial charge in [0.2, 0.25) is 0 Å². The topological polar surface area (TPSA) is 61.4 Å².